The molecule has 4 rings (SSSR count). The monoisotopic (exact) mass is 439 g/mol. The van der Waals surface area contributed by atoms with Gasteiger partial charge in [-0.2, -0.15) is 4.31 Å². The summed E-state index contributed by atoms with van der Waals surface area (Å²) in [5.41, 5.74) is 2.54. The first-order valence-electron chi connectivity index (χ1n) is 9.78. The molecule has 0 N–H and O–H groups in total. The number of benzene rings is 3. The number of hydrogen-bond donors (Lipinski definition) is 0. The second-order valence-electron chi connectivity index (χ2n) is 7.59. The maximum absolute atomic E-state index is 13.8. The van der Waals surface area contributed by atoms with Gasteiger partial charge in [0, 0.05) is 17.9 Å². The van der Waals surface area contributed by atoms with Crippen LogP contribution in [0, 0.1) is 6.92 Å². The standard InChI is InChI=1S/C24H22ClNO3S/c1-17-7-13-22(14-8-17)30(28,29)26-23(18-5-3-2-4-6-18)15-21(27)16-24(26)19-9-11-20(25)12-10-19/h2-14,23-24H,15-16H2,1H3/t23-,24+/m0/s1. The van der Waals surface area contributed by atoms with E-state index in [1.165, 1.54) is 4.31 Å². The van der Waals surface area contributed by atoms with Gasteiger partial charge in [-0.15, -0.1) is 0 Å². The van der Waals surface area contributed by atoms with E-state index >= 15 is 0 Å². The van der Waals surface area contributed by atoms with E-state index in [-0.39, 0.29) is 23.5 Å². The molecular weight excluding hydrogens is 418 g/mol. The van der Waals surface area contributed by atoms with Crippen LogP contribution in [-0.2, 0) is 14.8 Å². The summed E-state index contributed by atoms with van der Waals surface area (Å²) in [5.74, 6) is 0.0409. The molecule has 0 aromatic heterocycles. The van der Waals surface area contributed by atoms with Gasteiger partial charge in [-0.05, 0) is 42.3 Å². The Kier molecular flexibility index (Phi) is 5.78. The lowest BCUT2D eigenvalue weighted by Gasteiger charge is -2.41. The molecular formula is C24H22ClNO3S. The number of hydrogen-bond acceptors (Lipinski definition) is 3. The molecule has 0 aliphatic carbocycles. The largest absolute Gasteiger partial charge is 0.300 e. The van der Waals surface area contributed by atoms with E-state index in [1.807, 2.05) is 37.3 Å². The minimum Gasteiger partial charge on any atom is -0.300 e. The average molecular weight is 440 g/mol. The van der Waals surface area contributed by atoms with Crippen LogP contribution in [-0.4, -0.2) is 18.5 Å². The van der Waals surface area contributed by atoms with Crippen molar-refractivity contribution in [2.45, 2.75) is 36.7 Å². The van der Waals surface area contributed by atoms with E-state index in [2.05, 4.69) is 0 Å². The van der Waals surface area contributed by atoms with Crippen molar-refractivity contribution in [2.75, 3.05) is 0 Å². The topological polar surface area (TPSA) is 54.5 Å². The molecule has 1 fully saturated rings. The van der Waals surface area contributed by atoms with Crippen LogP contribution in [0.25, 0.3) is 0 Å². The smallest absolute Gasteiger partial charge is 0.244 e. The SMILES string of the molecule is Cc1ccc(S(=O)(=O)N2[C@@H](c3ccc(Cl)cc3)CC(=O)C[C@H]2c2ccccc2)cc1. The summed E-state index contributed by atoms with van der Waals surface area (Å²) in [4.78, 5) is 12.9. The zero-order valence-electron chi connectivity index (χ0n) is 16.5. The van der Waals surface area contributed by atoms with Crippen molar-refractivity contribution in [2.24, 2.45) is 0 Å². The lowest BCUT2D eigenvalue weighted by molar-refractivity contribution is -0.123. The molecule has 6 heteroatoms. The normalized spacial score (nSPS) is 20.3. The molecule has 1 aliphatic heterocycles. The Hall–Kier alpha value is -2.47. The summed E-state index contributed by atoms with van der Waals surface area (Å²) in [5, 5.41) is 0.563. The molecule has 0 radical (unpaired) electrons. The van der Waals surface area contributed by atoms with Gasteiger partial charge in [-0.3, -0.25) is 4.79 Å². The van der Waals surface area contributed by atoms with Crippen molar-refractivity contribution in [3.8, 4) is 0 Å². The molecule has 0 bridgehead atoms. The van der Waals surface area contributed by atoms with Crippen molar-refractivity contribution >= 4 is 27.4 Å². The number of nitrogens with zero attached hydrogens (tertiary/aromatic N) is 1. The van der Waals surface area contributed by atoms with Gasteiger partial charge in [0.05, 0.1) is 17.0 Å². The van der Waals surface area contributed by atoms with Crippen molar-refractivity contribution in [3.63, 3.8) is 0 Å². The number of piperidine rings is 1. The molecule has 0 amide bonds. The number of sulfonamides is 1. The first-order chi connectivity index (χ1) is 14.4. The Bertz CT molecular complexity index is 1140. The van der Waals surface area contributed by atoms with Gasteiger partial charge in [-0.1, -0.05) is 71.8 Å². The quantitative estimate of drug-likeness (QED) is 0.540. The molecule has 0 spiro atoms. The van der Waals surface area contributed by atoms with Crippen LogP contribution in [0.5, 0.6) is 0 Å². The summed E-state index contributed by atoms with van der Waals surface area (Å²) >= 11 is 6.04. The summed E-state index contributed by atoms with van der Waals surface area (Å²) in [6.45, 7) is 1.92. The van der Waals surface area contributed by atoms with Gasteiger partial charge in [0.2, 0.25) is 10.0 Å². The number of carbonyl (C=O) groups is 1. The second kappa shape index (κ2) is 8.34. The molecule has 0 saturated carbocycles. The van der Waals surface area contributed by atoms with Crippen molar-refractivity contribution < 1.29 is 13.2 Å². The molecule has 154 valence electrons. The molecule has 1 saturated heterocycles. The predicted octanol–water partition coefficient (Wildman–Crippen LogP) is 5.48. The first kappa shape index (κ1) is 20.8. The molecule has 4 nitrogen and oxygen atoms in total. The van der Waals surface area contributed by atoms with Gasteiger partial charge in [0.25, 0.3) is 0 Å². The minimum absolute atomic E-state index is 0.0409. The van der Waals surface area contributed by atoms with E-state index < -0.39 is 22.1 Å². The third-order valence-electron chi connectivity index (χ3n) is 5.49. The minimum atomic E-state index is -3.86. The van der Waals surface area contributed by atoms with Crippen molar-refractivity contribution in [1.82, 2.24) is 4.31 Å². The van der Waals surface area contributed by atoms with Gasteiger partial charge in [-0.25, -0.2) is 8.42 Å². The highest BCUT2D eigenvalue weighted by Crippen LogP contribution is 2.44. The lowest BCUT2D eigenvalue weighted by Crippen LogP contribution is -2.43. The fraction of sp³-hybridized carbons (Fsp3) is 0.208. The highest BCUT2D eigenvalue weighted by Gasteiger charge is 2.44. The third-order valence-corrected chi connectivity index (χ3v) is 7.68. The van der Waals surface area contributed by atoms with Crippen LogP contribution in [0.1, 0.15) is 41.6 Å². The number of Topliss-reactive ketones (excluding diaryl/α,β-unsaturated/α-hetero) is 1. The van der Waals surface area contributed by atoms with Crippen molar-refractivity contribution in [1.29, 1.82) is 0 Å². The number of aryl methyl sites for hydroxylation is 1. The van der Waals surface area contributed by atoms with Crippen LogP contribution in [0.3, 0.4) is 0 Å². The van der Waals surface area contributed by atoms with Crippen molar-refractivity contribution in [3.05, 3.63) is 101 Å². The van der Waals surface area contributed by atoms with Crippen LogP contribution >= 0.6 is 11.6 Å². The Labute approximate surface area is 182 Å². The number of carbonyl (C=O) groups excluding carboxylic acids is 1. The Balaban J connectivity index is 1.88. The highest BCUT2D eigenvalue weighted by molar-refractivity contribution is 7.89. The zero-order valence-corrected chi connectivity index (χ0v) is 18.1. The number of ketones is 1. The molecule has 3 aromatic carbocycles. The van der Waals surface area contributed by atoms with E-state index in [1.54, 1.807) is 48.5 Å². The summed E-state index contributed by atoms with van der Waals surface area (Å²) in [6.07, 6.45) is 0.287. The maximum Gasteiger partial charge on any atom is 0.244 e. The average Bonchev–Trinajstić information content (AvgIpc) is 2.74. The number of rotatable bonds is 4. The summed E-state index contributed by atoms with van der Waals surface area (Å²) in [6, 6.07) is 22.1. The third kappa shape index (κ3) is 4.06. The fourth-order valence-electron chi connectivity index (χ4n) is 3.97. The predicted molar refractivity (Wildman–Crippen MR) is 118 cm³/mol. The second-order valence-corrected chi connectivity index (χ2v) is 9.87. The molecule has 1 aliphatic rings. The maximum atomic E-state index is 13.8. The molecule has 30 heavy (non-hydrogen) atoms. The highest BCUT2D eigenvalue weighted by atomic mass is 35.5. The Morgan fingerprint density at radius 3 is 1.90 bits per heavy atom. The van der Waals surface area contributed by atoms with Gasteiger partial charge in [0.15, 0.2) is 0 Å². The van der Waals surface area contributed by atoms with Crippen LogP contribution in [0.15, 0.2) is 83.8 Å². The molecule has 2 atom stereocenters. The zero-order chi connectivity index (χ0) is 21.3. The van der Waals surface area contributed by atoms with Gasteiger partial charge in [0.1, 0.15) is 5.78 Å². The van der Waals surface area contributed by atoms with Crippen LogP contribution < -0.4 is 0 Å². The molecule has 1 heterocycles. The summed E-state index contributed by atoms with van der Waals surface area (Å²) in [7, 11) is -3.86. The Morgan fingerprint density at radius 2 is 1.33 bits per heavy atom. The summed E-state index contributed by atoms with van der Waals surface area (Å²) < 4.78 is 29.2. The van der Waals surface area contributed by atoms with E-state index in [4.69, 9.17) is 11.6 Å². The van der Waals surface area contributed by atoms with Gasteiger partial charge >= 0.3 is 0 Å². The van der Waals surface area contributed by atoms with E-state index in [0.717, 1.165) is 16.7 Å². The molecule has 3 aromatic rings. The Morgan fingerprint density at radius 1 is 0.800 bits per heavy atom. The van der Waals surface area contributed by atoms with Crippen LogP contribution in [0.2, 0.25) is 5.02 Å². The molecule has 0 unspecified atom stereocenters. The van der Waals surface area contributed by atoms with E-state index in [9.17, 15) is 13.2 Å². The fourth-order valence-corrected chi connectivity index (χ4v) is 5.88. The van der Waals surface area contributed by atoms with Gasteiger partial charge < -0.3 is 0 Å². The van der Waals surface area contributed by atoms with E-state index in [0.29, 0.717) is 5.02 Å². The number of halogens is 1. The first-order valence-corrected chi connectivity index (χ1v) is 11.6. The van der Waals surface area contributed by atoms with Crippen LogP contribution in [0.4, 0.5) is 0 Å². The lowest BCUT2D eigenvalue weighted by atomic mass is 9.89.